The summed E-state index contributed by atoms with van der Waals surface area (Å²) in [5.74, 6) is 2.31. The summed E-state index contributed by atoms with van der Waals surface area (Å²) >= 11 is 0. The largest absolute Gasteiger partial charge is 0.460 e. The summed E-state index contributed by atoms with van der Waals surface area (Å²) in [6, 6.07) is 7.71. The lowest BCUT2D eigenvalue weighted by atomic mass is 10.3. The molecule has 2 aromatic rings. The maximum Gasteiger partial charge on any atom is 0.154 e. The summed E-state index contributed by atoms with van der Waals surface area (Å²) in [7, 11) is 0. The first-order chi connectivity index (χ1) is 8.19. The minimum absolute atomic E-state index is 0.181. The third-order valence-corrected chi connectivity index (χ3v) is 2.41. The van der Waals surface area contributed by atoms with Crippen LogP contribution in [-0.4, -0.2) is 22.8 Å². The van der Waals surface area contributed by atoms with Crippen LogP contribution in [-0.2, 0) is 0 Å². The number of hydrogen-bond donors (Lipinski definition) is 2. The summed E-state index contributed by atoms with van der Waals surface area (Å²) < 4.78 is 5.47. The molecule has 0 radical (unpaired) electrons. The van der Waals surface area contributed by atoms with Crippen molar-refractivity contribution in [2.45, 2.75) is 19.9 Å². The quantitative estimate of drug-likeness (QED) is 0.840. The summed E-state index contributed by atoms with van der Waals surface area (Å²) in [6.45, 7) is 4.45. The fourth-order valence-corrected chi connectivity index (χ4v) is 1.42. The van der Waals surface area contributed by atoms with Crippen LogP contribution in [0.2, 0.25) is 0 Å². The van der Waals surface area contributed by atoms with E-state index in [1.54, 1.807) is 0 Å². The summed E-state index contributed by atoms with van der Waals surface area (Å²) in [4.78, 5) is 0. The van der Waals surface area contributed by atoms with E-state index in [-0.39, 0.29) is 6.04 Å². The number of anilines is 1. The molecule has 0 fully saturated rings. The van der Waals surface area contributed by atoms with Crippen LogP contribution >= 0.6 is 0 Å². The lowest BCUT2D eigenvalue weighted by molar-refractivity contribution is 0.545. The van der Waals surface area contributed by atoms with Gasteiger partial charge in [-0.15, -0.1) is 10.2 Å². The van der Waals surface area contributed by atoms with Crippen LogP contribution in [0.3, 0.4) is 0 Å². The van der Waals surface area contributed by atoms with E-state index in [4.69, 9.17) is 10.2 Å². The van der Waals surface area contributed by atoms with E-state index in [2.05, 4.69) is 15.5 Å². The minimum Gasteiger partial charge on any atom is -0.460 e. The highest BCUT2D eigenvalue weighted by Crippen LogP contribution is 2.19. The highest BCUT2D eigenvalue weighted by Gasteiger charge is 2.06. The molecule has 0 aliphatic heterocycles. The van der Waals surface area contributed by atoms with E-state index < -0.39 is 0 Å². The zero-order valence-electron chi connectivity index (χ0n) is 9.97. The molecule has 2 rings (SSSR count). The smallest absolute Gasteiger partial charge is 0.154 e. The predicted molar refractivity (Wildman–Crippen MR) is 66.6 cm³/mol. The zero-order valence-corrected chi connectivity index (χ0v) is 9.97. The highest BCUT2D eigenvalue weighted by molar-refractivity contribution is 5.53. The van der Waals surface area contributed by atoms with Gasteiger partial charge >= 0.3 is 0 Å². The Morgan fingerprint density at radius 3 is 2.65 bits per heavy atom. The molecule has 2 aromatic heterocycles. The van der Waals surface area contributed by atoms with Gasteiger partial charge in [-0.3, -0.25) is 0 Å². The monoisotopic (exact) mass is 232 g/mol. The lowest BCUT2D eigenvalue weighted by Crippen LogP contribution is -2.25. The average molecular weight is 232 g/mol. The third kappa shape index (κ3) is 2.82. The van der Waals surface area contributed by atoms with E-state index in [9.17, 15) is 0 Å². The van der Waals surface area contributed by atoms with Crippen molar-refractivity contribution < 1.29 is 4.42 Å². The van der Waals surface area contributed by atoms with Crippen molar-refractivity contribution in [1.82, 2.24) is 10.2 Å². The van der Waals surface area contributed by atoms with E-state index in [1.165, 1.54) is 0 Å². The number of nitrogens with one attached hydrogen (secondary N) is 1. The number of nitrogens with two attached hydrogens (primary N) is 1. The number of aryl methyl sites for hydroxylation is 1. The average Bonchev–Trinajstić information content (AvgIpc) is 2.77. The van der Waals surface area contributed by atoms with Gasteiger partial charge in [0, 0.05) is 12.6 Å². The second-order valence-electron chi connectivity index (χ2n) is 4.00. The molecule has 0 amide bonds. The van der Waals surface area contributed by atoms with Crippen LogP contribution in [0.15, 0.2) is 28.7 Å². The fraction of sp³-hybridized carbons (Fsp3) is 0.333. The van der Waals surface area contributed by atoms with Crippen molar-refractivity contribution in [1.29, 1.82) is 0 Å². The Kier molecular flexibility index (Phi) is 3.39. The molecule has 0 saturated heterocycles. The Morgan fingerprint density at radius 2 is 2.12 bits per heavy atom. The first-order valence-electron chi connectivity index (χ1n) is 5.56. The normalized spacial score (nSPS) is 12.4. The number of rotatable bonds is 4. The molecule has 0 bridgehead atoms. The molecule has 17 heavy (non-hydrogen) atoms. The van der Waals surface area contributed by atoms with Crippen molar-refractivity contribution in [2.24, 2.45) is 5.73 Å². The zero-order chi connectivity index (χ0) is 12.3. The number of furan rings is 1. The molecule has 90 valence electrons. The van der Waals surface area contributed by atoms with Crippen LogP contribution in [0.4, 0.5) is 5.82 Å². The first-order valence-corrected chi connectivity index (χ1v) is 5.56. The van der Waals surface area contributed by atoms with Gasteiger partial charge in [0.1, 0.15) is 17.3 Å². The van der Waals surface area contributed by atoms with Gasteiger partial charge in [0.25, 0.3) is 0 Å². The molecule has 5 heteroatoms. The van der Waals surface area contributed by atoms with Crippen LogP contribution in [0.5, 0.6) is 0 Å². The first kappa shape index (κ1) is 11.6. The second-order valence-corrected chi connectivity index (χ2v) is 4.00. The van der Waals surface area contributed by atoms with Gasteiger partial charge < -0.3 is 15.5 Å². The van der Waals surface area contributed by atoms with Gasteiger partial charge in [0.2, 0.25) is 0 Å². The maximum absolute atomic E-state index is 5.52. The second kappa shape index (κ2) is 4.97. The molecule has 0 spiro atoms. The molecule has 2 heterocycles. The number of hydrogen-bond acceptors (Lipinski definition) is 5. The SMILES string of the molecule is Cc1ccc(-c2ccc(NC(C)CN)nn2)o1. The number of aromatic nitrogens is 2. The standard InChI is InChI=1S/C12H16N4O/c1-8(7-13)14-12-6-4-10(15-16-12)11-5-3-9(2)17-11/h3-6,8H,7,13H2,1-2H3,(H,14,16). The van der Waals surface area contributed by atoms with E-state index in [0.29, 0.717) is 6.54 Å². The lowest BCUT2D eigenvalue weighted by Gasteiger charge is -2.10. The molecule has 0 aliphatic rings. The van der Waals surface area contributed by atoms with Crippen molar-refractivity contribution in [3.05, 3.63) is 30.0 Å². The van der Waals surface area contributed by atoms with Crippen molar-refractivity contribution >= 4 is 5.82 Å². The van der Waals surface area contributed by atoms with Gasteiger partial charge in [0.15, 0.2) is 5.76 Å². The predicted octanol–water partition coefficient (Wildman–Crippen LogP) is 1.80. The van der Waals surface area contributed by atoms with E-state index >= 15 is 0 Å². The van der Waals surface area contributed by atoms with Gasteiger partial charge in [0.05, 0.1) is 0 Å². The fourth-order valence-electron chi connectivity index (χ4n) is 1.42. The molecule has 3 N–H and O–H groups in total. The van der Waals surface area contributed by atoms with Gasteiger partial charge in [-0.2, -0.15) is 0 Å². The third-order valence-electron chi connectivity index (χ3n) is 2.41. The minimum atomic E-state index is 0.181. The Bertz CT molecular complexity index is 478. The van der Waals surface area contributed by atoms with E-state index in [1.807, 2.05) is 38.1 Å². The van der Waals surface area contributed by atoms with Gasteiger partial charge in [-0.1, -0.05) is 0 Å². The summed E-state index contributed by atoms with van der Waals surface area (Å²) in [5, 5.41) is 11.3. The molecule has 5 nitrogen and oxygen atoms in total. The Balaban J connectivity index is 2.13. The summed E-state index contributed by atoms with van der Waals surface area (Å²) in [6.07, 6.45) is 0. The Labute approximate surface area is 100 Å². The maximum atomic E-state index is 5.52. The van der Waals surface area contributed by atoms with Crippen LogP contribution in [0.25, 0.3) is 11.5 Å². The molecule has 1 unspecified atom stereocenters. The Morgan fingerprint density at radius 1 is 1.29 bits per heavy atom. The molecule has 0 aromatic carbocycles. The summed E-state index contributed by atoms with van der Waals surface area (Å²) in [5.41, 5.74) is 6.24. The van der Waals surface area contributed by atoms with Crippen molar-refractivity contribution in [3.8, 4) is 11.5 Å². The molecule has 1 atom stereocenters. The highest BCUT2D eigenvalue weighted by atomic mass is 16.3. The van der Waals surface area contributed by atoms with Crippen LogP contribution in [0, 0.1) is 6.92 Å². The molecule has 0 aliphatic carbocycles. The molecular weight excluding hydrogens is 216 g/mol. The Hall–Kier alpha value is -1.88. The van der Waals surface area contributed by atoms with Crippen molar-refractivity contribution in [2.75, 3.05) is 11.9 Å². The topological polar surface area (TPSA) is 77.0 Å². The molecule has 0 saturated carbocycles. The van der Waals surface area contributed by atoms with Gasteiger partial charge in [-0.05, 0) is 38.1 Å². The number of nitrogens with zero attached hydrogens (tertiary/aromatic N) is 2. The van der Waals surface area contributed by atoms with Crippen molar-refractivity contribution in [3.63, 3.8) is 0 Å². The van der Waals surface area contributed by atoms with Crippen LogP contribution < -0.4 is 11.1 Å². The molecular formula is C12H16N4O. The van der Waals surface area contributed by atoms with Gasteiger partial charge in [-0.25, -0.2) is 0 Å². The van der Waals surface area contributed by atoms with Crippen LogP contribution in [0.1, 0.15) is 12.7 Å². The van der Waals surface area contributed by atoms with E-state index in [0.717, 1.165) is 23.0 Å².